The lowest BCUT2D eigenvalue weighted by molar-refractivity contribution is -0.384. The van der Waals surface area contributed by atoms with Crippen LogP contribution < -0.4 is 5.32 Å². The summed E-state index contributed by atoms with van der Waals surface area (Å²) in [5, 5.41) is 13.6. The number of amides is 1. The van der Waals surface area contributed by atoms with Crippen LogP contribution in [-0.4, -0.2) is 41.5 Å². The normalized spacial score (nSPS) is 16.6. The van der Waals surface area contributed by atoms with Crippen LogP contribution in [0.5, 0.6) is 0 Å². The summed E-state index contributed by atoms with van der Waals surface area (Å²) in [6, 6.07) is 7.91. The number of nitro benzene ring substituents is 1. The Labute approximate surface area is 164 Å². The van der Waals surface area contributed by atoms with Gasteiger partial charge in [-0.3, -0.25) is 19.8 Å². The number of nitrogens with one attached hydrogen (secondary N) is 1. The van der Waals surface area contributed by atoms with Crippen LogP contribution in [0.4, 0.5) is 11.4 Å². The van der Waals surface area contributed by atoms with E-state index in [2.05, 4.69) is 21.2 Å². The quantitative estimate of drug-likeness (QED) is 0.500. The average Bonchev–Trinajstić information content (AvgIpc) is 3.30. The maximum Gasteiger partial charge on any atom is 0.270 e. The zero-order valence-electron chi connectivity index (χ0n) is 14.6. The third-order valence-corrected chi connectivity index (χ3v) is 4.91. The van der Waals surface area contributed by atoms with E-state index < -0.39 is 4.92 Å². The Balaban J connectivity index is 1.63. The number of hydrogen-bond donors (Lipinski definition) is 1. The van der Waals surface area contributed by atoms with Gasteiger partial charge in [0.2, 0.25) is 5.91 Å². The summed E-state index contributed by atoms with van der Waals surface area (Å²) in [5.74, 6) is 0.561. The van der Waals surface area contributed by atoms with Gasteiger partial charge in [0, 0.05) is 29.8 Å². The van der Waals surface area contributed by atoms with E-state index in [1.807, 2.05) is 17.0 Å². The summed E-state index contributed by atoms with van der Waals surface area (Å²) in [5.41, 5.74) is 0.443. The second-order valence-electron chi connectivity index (χ2n) is 6.35. The second kappa shape index (κ2) is 9.12. The molecule has 27 heavy (non-hydrogen) atoms. The van der Waals surface area contributed by atoms with Gasteiger partial charge in [-0.2, -0.15) is 0 Å². The number of halogens is 1. The van der Waals surface area contributed by atoms with E-state index in [1.54, 1.807) is 6.26 Å². The lowest BCUT2D eigenvalue weighted by Gasteiger charge is -2.23. The van der Waals surface area contributed by atoms with Crippen LogP contribution in [0, 0.1) is 10.1 Å². The Morgan fingerprint density at radius 1 is 1.41 bits per heavy atom. The van der Waals surface area contributed by atoms with E-state index in [-0.39, 0.29) is 24.2 Å². The molecule has 1 aliphatic rings. The van der Waals surface area contributed by atoms with Crippen LogP contribution in [-0.2, 0) is 16.1 Å². The summed E-state index contributed by atoms with van der Waals surface area (Å²) in [4.78, 5) is 24.8. The van der Waals surface area contributed by atoms with Gasteiger partial charge in [0.25, 0.3) is 5.69 Å². The Hall–Kier alpha value is -2.23. The van der Waals surface area contributed by atoms with Crippen LogP contribution in [0.25, 0.3) is 0 Å². The fourth-order valence-electron chi connectivity index (χ4n) is 3.00. The van der Waals surface area contributed by atoms with Crippen molar-refractivity contribution in [1.29, 1.82) is 0 Å². The van der Waals surface area contributed by atoms with E-state index in [0.29, 0.717) is 23.2 Å². The number of carbonyl (C=O) groups is 1. The van der Waals surface area contributed by atoms with Crippen molar-refractivity contribution in [3.63, 3.8) is 0 Å². The first kappa shape index (κ1) is 19.5. The van der Waals surface area contributed by atoms with Gasteiger partial charge < -0.3 is 14.5 Å². The second-order valence-corrected chi connectivity index (χ2v) is 7.21. The molecule has 0 aliphatic carbocycles. The van der Waals surface area contributed by atoms with Gasteiger partial charge in [0.1, 0.15) is 5.76 Å². The van der Waals surface area contributed by atoms with Crippen molar-refractivity contribution in [2.24, 2.45) is 0 Å². The summed E-state index contributed by atoms with van der Waals surface area (Å²) >= 11 is 3.26. The molecule has 1 aromatic heterocycles. The van der Waals surface area contributed by atoms with Gasteiger partial charge in [-0.15, -0.1) is 0 Å². The zero-order chi connectivity index (χ0) is 19.2. The molecule has 2 aromatic rings. The smallest absolute Gasteiger partial charge is 0.270 e. The van der Waals surface area contributed by atoms with Crippen LogP contribution in [0.15, 0.2) is 45.5 Å². The van der Waals surface area contributed by atoms with Crippen molar-refractivity contribution in [3.05, 3.63) is 56.9 Å². The van der Waals surface area contributed by atoms with Gasteiger partial charge in [-0.1, -0.05) is 0 Å². The Kier molecular flexibility index (Phi) is 6.59. The molecular formula is C18H20BrN3O5. The summed E-state index contributed by atoms with van der Waals surface area (Å²) < 4.78 is 11.5. The number of non-ortho nitro benzene ring substituents is 1. The van der Waals surface area contributed by atoms with Crippen molar-refractivity contribution >= 4 is 33.2 Å². The highest BCUT2D eigenvalue weighted by Gasteiger charge is 2.22. The number of carbonyl (C=O) groups excluding carboxylic acids is 1. The topological polar surface area (TPSA) is 97.9 Å². The monoisotopic (exact) mass is 437 g/mol. The lowest BCUT2D eigenvalue weighted by Crippen LogP contribution is -2.37. The fraction of sp³-hybridized carbons (Fsp3) is 0.389. The highest BCUT2D eigenvalue weighted by Crippen LogP contribution is 2.27. The van der Waals surface area contributed by atoms with E-state index in [9.17, 15) is 14.9 Å². The molecule has 1 amide bonds. The predicted octanol–water partition coefficient (Wildman–Crippen LogP) is 3.57. The van der Waals surface area contributed by atoms with Crippen molar-refractivity contribution in [2.45, 2.75) is 25.5 Å². The molecule has 1 N–H and O–H groups in total. The Morgan fingerprint density at radius 2 is 2.26 bits per heavy atom. The van der Waals surface area contributed by atoms with E-state index in [4.69, 9.17) is 9.15 Å². The molecule has 1 aromatic carbocycles. The largest absolute Gasteiger partial charge is 0.468 e. The number of hydrogen-bond acceptors (Lipinski definition) is 6. The minimum atomic E-state index is -0.483. The SMILES string of the molecule is O=C(CN(Cc1ccco1)CC1CCCO1)Nc1ccc([N+](=O)[O-])cc1Br. The summed E-state index contributed by atoms with van der Waals surface area (Å²) in [7, 11) is 0. The van der Waals surface area contributed by atoms with Gasteiger partial charge >= 0.3 is 0 Å². The number of benzene rings is 1. The standard InChI is InChI=1S/C18H20BrN3O5/c19-16-9-13(22(24)25)5-6-17(16)20-18(23)12-21(10-14-3-1-7-26-14)11-15-4-2-8-27-15/h1,3,5-7,9,15H,2,4,8,10-12H2,(H,20,23). The maximum atomic E-state index is 12.5. The van der Waals surface area contributed by atoms with Crippen LogP contribution >= 0.6 is 15.9 Å². The number of nitrogens with zero attached hydrogens (tertiary/aromatic N) is 2. The molecule has 0 saturated carbocycles. The molecule has 1 aliphatic heterocycles. The molecule has 144 valence electrons. The van der Waals surface area contributed by atoms with Gasteiger partial charge in [0.05, 0.1) is 36.1 Å². The Morgan fingerprint density at radius 3 is 2.89 bits per heavy atom. The number of nitro groups is 1. The van der Waals surface area contributed by atoms with Gasteiger partial charge in [0.15, 0.2) is 0 Å². The predicted molar refractivity (Wildman–Crippen MR) is 102 cm³/mol. The zero-order valence-corrected chi connectivity index (χ0v) is 16.2. The minimum Gasteiger partial charge on any atom is -0.468 e. The van der Waals surface area contributed by atoms with E-state index in [0.717, 1.165) is 25.2 Å². The van der Waals surface area contributed by atoms with E-state index >= 15 is 0 Å². The van der Waals surface area contributed by atoms with Crippen molar-refractivity contribution in [2.75, 3.05) is 25.0 Å². The maximum absolute atomic E-state index is 12.5. The molecule has 1 atom stereocenters. The van der Waals surface area contributed by atoms with Crippen LogP contribution in [0.3, 0.4) is 0 Å². The molecule has 2 heterocycles. The third-order valence-electron chi connectivity index (χ3n) is 4.25. The van der Waals surface area contributed by atoms with Gasteiger partial charge in [-0.25, -0.2) is 0 Å². The van der Waals surface area contributed by atoms with Crippen molar-refractivity contribution in [3.8, 4) is 0 Å². The Bertz CT molecular complexity index is 790. The lowest BCUT2D eigenvalue weighted by atomic mass is 10.2. The van der Waals surface area contributed by atoms with Crippen LogP contribution in [0.1, 0.15) is 18.6 Å². The van der Waals surface area contributed by atoms with Crippen molar-refractivity contribution in [1.82, 2.24) is 4.90 Å². The van der Waals surface area contributed by atoms with E-state index in [1.165, 1.54) is 18.2 Å². The van der Waals surface area contributed by atoms with Crippen molar-refractivity contribution < 1.29 is 18.9 Å². The average molecular weight is 438 g/mol. The first-order valence-electron chi connectivity index (χ1n) is 8.61. The highest BCUT2D eigenvalue weighted by atomic mass is 79.9. The molecule has 1 unspecified atom stereocenters. The molecule has 9 heteroatoms. The fourth-order valence-corrected chi connectivity index (χ4v) is 3.46. The molecule has 1 fully saturated rings. The molecule has 1 saturated heterocycles. The molecule has 0 radical (unpaired) electrons. The third kappa shape index (κ3) is 5.62. The van der Waals surface area contributed by atoms with Gasteiger partial charge in [-0.05, 0) is 47.0 Å². The molecule has 0 bridgehead atoms. The number of furan rings is 1. The first-order chi connectivity index (χ1) is 13.0. The number of anilines is 1. The molecule has 0 spiro atoms. The molecule has 8 nitrogen and oxygen atoms in total. The molecule has 3 rings (SSSR count). The number of rotatable bonds is 8. The molecular weight excluding hydrogens is 418 g/mol. The summed E-state index contributed by atoms with van der Waals surface area (Å²) in [6.07, 6.45) is 3.72. The first-order valence-corrected chi connectivity index (χ1v) is 9.40. The van der Waals surface area contributed by atoms with Crippen LogP contribution in [0.2, 0.25) is 0 Å². The summed E-state index contributed by atoms with van der Waals surface area (Å²) in [6.45, 7) is 2.04. The highest BCUT2D eigenvalue weighted by molar-refractivity contribution is 9.10. The number of ether oxygens (including phenoxy) is 1. The minimum absolute atomic E-state index is 0.0438.